The Morgan fingerprint density at radius 3 is 2.62 bits per heavy atom. The Labute approximate surface area is 188 Å². The lowest BCUT2D eigenvalue weighted by Gasteiger charge is -2.13. The third kappa shape index (κ3) is 4.81. The van der Waals surface area contributed by atoms with Gasteiger partial charge in [0.25, 0.3) is 0 Å². The number of hydrogen-bond donors (Lipinski definition) is 0. The normalized spacial score (nSPS) is 10.5. The van der Waals surface area contributed by atoms with E-state index in [1.54, 1.807) is 30.7 Å². The van der Waals surface area contributed by atoms with Gasteiger partial charge in [0.15, 0.2) is 5.78 Å². The number of benzene rings is 2. The van der Waals surface area contributed by atoms with E-state index in [-0.39, 0.29) is 12.2 Å². The zero-order valence-electron chi connectivity index (χ0n) is 18.0. The number of pyridine rings is 2. The maximum absolute atomic E-state index is 13.1. The van der Waals surface area contributed by atoms with Crippen molar-refractivity contribution in [3.63, 3.8) is 0 Å². The fraction of sp³-hybridized carbons (Fsp3) is 0.107. The molecule has 0 radical (unpaired) electrons. The molecule has 0 N–H and O–H groups in total. The maximum atomic E-state index is 13.1. The number of carbonyl (C=O) groups is 1. The van der Waals surface area contributed by atoms with Crippen LogP contribution in [0.2, 0.25) is 0 Å². The first-order valence-electron chi connectivity index (χ1n) is 10.5. The van der Waals surface area contributed by atoms with Crippen molar-refractivity contribution in [1.29, 1.82) is 0 Å². The Balaban J connectivity index is 1.55. The monoisotopic (exact) mass is 420 g/mol. The molecule has 0 spiro atoms. The summed E-state index contributed by atoms with van der Waals surface area (Å²) in [6.45, 7) is 6.23. The van der Waals surface area contributed by atoms with Crippen LogP contribution in [0.4, 0.5) is 0 Å². The smallest absolute Gasteiger partial charge is 0.185 e. The molecular formula is C28H24N2O2. The van der Waals surface area contributed by atoms with Crippen LogP contribution >= 0.6 is 0 Å². The highest BCUT2D eigenvalue weighted by Gasteiger charge is 2.15. The molecule has 0 aliphatic carbocycles. The minimum Gasteiger partial charge on any atom is -0.488 e. The number of ketones is 1. The van der Waals surface area contributed by atoms with Crippen LogP contribution in [0.5, 0.6) is 5.75 Å². The number of Topliss-reactive ketones (excluding diaryl/α,β-unsaturated/α-hetero) is 1. The maximum Gasteiger partial charge on any atom is 0.185 e. The zero-order valence-corrected chi connectivity index (χ0v) is 18.0. The Morgan fingerprint density at radius 1 is 1.03 bits per heavy atom. The quantitative estimate of drug-likeness (QED) is 0.323. The second kappa shape index (κ2) is 9.84. The molecule has 2 heterocycles. The van der Waals surface area contributed by atoms with Crippen molar-refractivity contribution in [2.75, 3.05) is 0 Å². The van der Waals surface area contributed by atoms with Crippen LogP contribution in [0.15, 0.2) is 91.9 Å². The molecular weight excluding hydrogens is 396 g/mol. The number of nitrogens with zero attached hydrogens (tertiary/aromatic N) is 2. The van der Waals surface area contributed by atoms with Crippen LogP contribution in [0.3, 0.4) is 0 Å². The summed E-state index contributed by atoms with van der Waals surface area (Å²) in [5.74, 6) is 0.525. The van der Waals surface area contributed by atoms with Crippen LogP contribution in [-0.2, 0) is 13.0 Å². The molecule has 0 unspecified atom stereocenters. The molecule has 0 saturated carbocycles. The van der Waals surface area contributed by atoms with E-state index in [1.165, 1.54) is 0 Å². The first-order chi connectivity index (χ1) is 15.7. The van der Waals surface area contributed by atoms with Crippen LogP contribution in [0, 0.1) is 6.92 Å². The molecule has 2 aromatic carbocycles. The van der Waals surface area contributed by atoms with Crippen molar-refractivity contribution in [3.05, 3.63) is 120 Å². The van der Waals surface area contributed by atoms with Crippen LogP contribution < -0.4 is 4.74 Å². The van der Waals surface area contributed by atoms with Crippen LogP contribution in [-0.4, -0.2) is 15.8 Å². The van der Waals surface area contributed by atoms with E-state index in [2.05, 4.69) is 41.7 Å². The third-order valence-electron chi connectivity index (χ3n) is 5.40. The van der Waals surface area contributed by atoms with E-state index in [0.717, 1.165) is 33.4 Å². The molecule has 158 valence electrons. The summed E-state index contributed by atoms with van der Waals surface area (Å²) in [6.07, 6.45) is 7.05. The van der Waals surface area contributed by atoms with Crippen molar-refractivity contribution < 1.29 is 9.53 Å². The van der Waals surface area contributed by atoms with E-state index in [1.807, 2.05) is 42.5 Å². The first kappa shape index (κ1) is 21.2. The third-order valence-corrected chi connectivity index (χ3v) is 5.40. The second-order valence-corrected chi connectivity index (χ2v) is 7.52. The average molecular weight is 421 g/mol. The van der Waals surface area contributed by atoms with Gasteiger partial charge >= 0.3 is 0 Å². The number of rotatable bonds is 8. The van der Waals surface area contributed by atoms with Crippen LogP contribution in [0.1, 0.15) is 32.7 Å². The molecule has 4 heteroatoms. The van der Waals surface area contributed by atoms with Gasteiger partial charge in [0.1, 0.15) is 18.1 Å². The molecule has 32 heavy (non-hydrogen) atoms. The molecule has 0 saturated heterocycles. The highest BCUT2D eigenvalue weighted by molar-refractivity contribution is 5.96. The summed E-state index contributed by atoms with van der Waals surface area (Å²) in [7, 11) is 0. The summed E-state index contributed by atoms with van der Waals surface area (Å²) < 4.78 is 5.95. The largest absolute Gasteiger partial charge is 0.488 e. The predicted octanol–water partition coefficient (Wildman–Crippen LogP) is 6.10. The fourth-order valence-electron chi connectivity index (χ4n) is 3.59. The Bertz CT molecular complexity index is 1240. The molecule has 0 aliphatic rings. The summed E-state index contributed by atoms with van der Waals surface area (Å²) in [4.78, 5) is 21.5. The van der Waals surface area contributed by atoms with Gasteiger partial charge in [-0.25, -0.2) is 0 Å². The van der Waals surface area contributed by atoms with Gasteiger partial charge in [-0.2, -0.15) is 0 Å². The average Bonchev–Trinajstić information content (AvgIpc) is 2.85. The lowest BCUT2D eigenvalue weighted by atomic mass is 9.93. The Hall–Kier alpha value is -4.05. The lowest BCUT2D eigenvalue weighted by Crippen LogP contribution is -2.09. The van der Waals surface area contributed by atoms with Crippen LogP contribution in [0.25, 0.3) is 17.2 Å². The molecule has 0 fully saturated rings. The summed E-state index contributed by atoms with van der Waals surface area (Å²) in [5.41, 5.74) is 6.42. The predicted molar refractivity (Wildman–Crippen MR) is 128 cm³/mol. The molecule has 0 atom stereocenters. The standard InChI is InChI=1S/C28H24N2O2/c1-3-22-18-30-26(16-28(22)32-19-21-9-8-14-29-17-21)27(31)15-24-12-7-13-25(20(24)2)23-10-5-4-6-11-23/h3-14,16-18H,1,15,19H2,2H3. The van der Waals surface area contributed by atoms with Gasteiger partial charge in [0, 0.05) is 42.2 Å². The molecule has 4 rings (SSSR count). The second-order valence-electron chi connectivity index (χ2n) is 7.52. The van der Waals surface area contributed by atoms with Gasteiger partial charge in [0.05, 0.1) is 0 Å². The molecule has 4 aromatic rings. The van der Waals surface area contributed by atoms with Gasteiger partial charge in [-0.1, -0.05) is 67.3 Å². The fourth-order valence-corrected chi connectivity index (χ4v) is 3.59. The summed E-state index contributed by atoms with van der Waals surface area (Å²) in [5, 5.41) is 0. The van der Waals surface area contributed by atoms with Gasteiger partial charge < -0.3 is 4.74 Å². The summed E-state index contributed by atoms with van der Waals surface area (Å²) >= 11 is 0. The van der Waals surface area contributed by atoms with Crippen molar-refractivity contribution >= 4 is 11.9 Å². The van der Waals surface area contributed by atoms with Gasteiger partial charge in [-0.15, -0.1) is 0 Å². The molecule has 0 amide bonds. The minimum absolute atomic E-state index is 0.0554. The van der Waals surface area contributed by atoms with E-state index in [0.29, 0.717) is 18.1 Å². The number of carbonyl (C=O) groups excluding carboxylic acids is 1. The highest BCUT2D eigenvalue weighted by atomic mass is 16.5. The number of ether oxygens (including phenoxy) is 1. The first-order valence-corrected chi connectivity index (χ1v) is 10.5. The zero-order chi connectivity index (χ0) is 22.3. The van der Waals surface area contributed by atoms with E-state index in [9.17, 15) is 4.79 Å². The van der Waals surface area contributed by atoms with Crippen molar-refractivity contribution in [3.8, 4) is 16.9 Å². The van der Waals surface area contributed by atoms with Gasteiger partial charge in [0.2, 0.25) is 0 Å². The van der Waals surface area contributed by atoms with E-state index < -0.39 is 0 Å². The Kier molecular flexibility index (Phi) is 6.52. The van der Waals surface area contributed by atoms with Crippen molar-refractivity contribution in [2.24, 2.45) is 0 Å². The SMILES string of the molecule is C=Cc1cnc(C(=O)Cc2cccc(-c3ccccc3)c2C)cc1OCc1cccnc1. The highest BCUT2D eigenvalue weighted by Crippen LogP contribution is 2.27. The van der Waals surface area contributed by atoms with E-state index >= 15 is 0 Å². The number of aromatic nitrogens is 2. The molecule has 0 bridgehead atoms. The van der Waals surface area contributed by atoms with Gasteiger partial charge in [-0.05, 0) is 35.2 Å². The molecule has 2 aromatic heterocycles. The van der Waals surface area contributed by atoms with E-state index in [4.69, 9.17) is 4.74 Å². The topological polar surface area (TPSA) is 52.1 Å². The minimum atomic E-state index is -0.0554. The Morgan fingerprint density at radius 2 is 1.88 bits per heavy atom. The summed E-state index contributed by atoms with van der Waals surface area (Å²) in [6, 6.07) is 21.8. The molecule has 4 nitrogen and oxygen atoms in total. The van der Waals surface area contributed by atoms with Crippen molar-refractivity contribution in [1.82, 2.24) is 9.97 Å². The van der Waals surface area contributed by atoms with Crippen molar-refractivity contribution in [2.45, 2.75) is 20.0 Å². The molecule has 0 aliphatic heterocycles. The van der Waals surface area contributed by atoms with Gasteiger partial charge in [-0.3, -0.25) is 14.8 Å². The lowest BCUT2D eigenvalue weighted by molar-refractivity contribution is 0.0987. The number of hydrogen-bond acceptors (Lipinski definition) is 4.